The van der Waals surface area contributed by atoms with Gasteiger partial charge < -0.3 is 20.6 Å². The third-order valence-corrected chi connectivity index (χ3v) is 8.14. The molecule has 0 aliphatic carbocycles. The van der Waals surface area contributed by atoms with Crippen LogP contribution in [-0.2, 0) is 10.0 Å². The molecule has 2 aromatic rings. The molecule has 2 amide bonds. The van der Waals surface area contributed by atoms with E-state index in [4.69, 9.17) is 23.2 Å². The van der Waals surface area contributed by atoms with Gasteiger partial charge in [-0.05, 0) is 56.1 Å². The molecule has 172 valence electrons. The van der Waals surface area contributed by atoms with Crippen LogP contribution in [0.2, 0.25) is 10.0 Å². The second kappa shape index (κ2) is 9.03. The van der Waals surface area contributed by atoms with Crippen molar-refractivity contribution in [3.8, 4) is 5.75 Å². The third-order valence-electron chi connectivity index (χ3n) is 5.76. The number of fused-ring (bicyclic) bond motifs is 3. The van der Waals surface area contributed by atoms with Crippen molar-refractivity contribution in [3.05, 3.63) is 46.2 Å². The quantitative estimate of drug-likeness (QED) is 0.464. The fourth-order valence-corrected chi connectivity index (χ4v) is 6.24. The fraction of sp³-hybridized carbons (Fsp3) is 0.350. The molecule has 2 bridgehead atoms. The third kappa shape index (κ3) is 4.65. The molecule has 4 N–H and O–H groups in total. The van der Waals surface area contributed by atoms with Gasteiger partial charge in [-0.3, -0.25) is 0 Å². The van der Waals surface area contributed by atoms with Crippen LogP contribution in [0.5, 0.6) is 5.75 Å². The first-order valence-electron chi connectivity index (χ1n) is 9.94. The minimum absolute atomic E-state index is 0.00878. The van der Waals surface area contributed by atoms with Crippen LogP contribution in [-0.4, -0.2) is 50.1 Å². The predicted molar refractivity (Wildman–Crippen MR) is 120 cm³/mol. The summed E-state index contributed by atoms with van der Waals surface area (Å²) in [4.78, 5) is 14.0. The number of sulfonamides is 1. The summed E-state index contributed by atoms with van der Waals surface area (Å²) in [5, 5.41) is 14.9. The van der Waals surface area contributed by atoms with Crippen molar-refractivity contribution in [2.24, 2.45) is 5.92 Å². The number of urea groups is 1. The molecule has 3 aliphatic heterocycles. The number of nitrogens with one attached hydrogen (secondary N) is 3. The van der Waals surface area contributed by atoms with E-state index in [1.54, 1.807) is 0 Å². The van der Waals surface area contributed by atoms with Crippen molar-refractivity contribution in [1.29, 1.82) is 0 Å². The van der Waals surface area contributed by atoms with Gasteiger partial charge in [-0.1, -0.05) is 29.3 Å². The van der Waals surface area contributed by atoms with Crippen LogP contribution in [0.3, 0.4) is 0 Å². The van der Waals surface area contributed by atoms with E-state index in [-0.39, 0.29) is 33.4 Å². The Morgan fingerprint density at radius 1 is 1.09 bits per heavy atom. The molecule has 12 heteroatoms. The molecular formula is C20H21Cl2FN4O4S. The molecule has 3 aliphatic rings. The molecule has 32 heavy (non-hydrogen) atoms. The Balaban J connectivity index is 1.54. The number of nitrogens with zero attached hydrogens (tertiary/aromatic N) is 1. The Morgan fingerprint density at radius 2 is 1.78 bits per heavy atom. The number of rotatable bonds is 5. The maximum absolute atomic E-state index is 13.6. The smallest absolute Gasteiger partial charge is 0.323 e. The van der Waals surface area contributed by atoms with Crippen molar-refractivity contribution in [1.82, 2.24) is 9.62 Å². The van der Waals surface area contributed by atoms with Gasteiger partial charge in [-0.15, -0.1) is 0 Å². The number of carbonyl (C=O) groups is 1. The van der Waals surface area contributed by atoms with Crippen molar-refractivity contribution >= 4 is 50.6 Å². The lowest BCUT2D eigenvalue weighted by Gasteiger charge is -2.44. The number of amides is 2. The van der Waals surface area contributed by atoms with Crippen LogP contribution in [0.15, 0.2) is 35.2 Å². The Morgan fingerprint density at radius 3 is 2.44 bits per heavy atom. The van der Waals surface area contributed by atoms with Crippen LogP contribution in [0.25, 0.3) is 0 Å². The van der Waals surface area contributed by atoms with E-state index in [0.29, 0.717) is 6.54 Å². The highest BCUT2D eigenvalue weighted by Gasteiger charge is 2.38. The van der Waals surface area contributed by atoms with E-state index < -0.39 is 32.5 Å². The topological polar surface area (TPSA) is 111 Å². The predicted octanol–water partition coefficient (Wildman–Crippen LogP) is 3.85. The SMILES string of the molecule is O=C(Nc1ccc(Cl)c(S(=O)(=O)N[C@@H]2CN3CCC2CC3)c1O)Nc1cccc(F)c1Cl. The average molecular weight is 503 g/mol. The Hall–Kier alpha value is -2.11. The molecule has 0 radical (unpaired) electrons. The van der Waals surface area contributed by atoms with Crippen LogP contribution in [0, 0.1) is 11.7 Å². The maximum atomic E-state index is 13.6. The van der Waals surface area contributed by atoms with Gasteiger partial charge in [0.2, 0.25) is 10.0 Å². The number of anilines is 2. The average Bonchev–Trinajstić information content (AvgIpc) is 2.74. The largest absolute Gasteiger partial charge is 0.504 e. The number of carbonyl (C=O) groups excluding carboxylic acids is 1. The van der Waals surface area contributed by atoms with E-state index >= 15 is 0 Å². The summed E-state index contributed by atoms with van der Waals surface area (Å²) in [5.41, 5.74) is -0.178. The van der Waals surface area contributed by atoms with E-state index in [9.17, 15) is 22.7 Å². The first kappa shape index (κ1) is 23.1. The summed E-state index contributed by atoms with van der Waals surface area (Å²) in [5.74, 6) is -1.20. The summed E-state index contributed by atoms with van der Waals surface area (Å²) in [7, 11) is -4.17. The Labute approximate surface area is 194 Å². The van der Waals surface area contributed by atoms with Crippen LogP contribution in [0.1, 0.15) is 12.8 Å². The summed E-state index contributed by atoms with van der Waals surface area (Å²) in [6.45, 7) is 2.48. The number of phenols is 1. The zero-order chi connectivity index (χ0) is 23.0. The number of halogens is 3. The first-order valence-corrected chi connectivity index (χ1v) is 12.2. The minimum Gasteiger partial charge on any atom is -0.504 e. The van der Waals surface area contributed by atoms with E-state index in [1.165, 1.54) is 24.3 Å². The molecule has 0 aromatic heterocycles. The van der Waals surface area contributed by atoms with Crippen LogP contribution >= 0.6 is 23.2 Å². The molecule has 3 saturated heterocycles. The van der Waals surface area contributed by atoms with Crippen molar-refractivity contribution in [3.63, 3.8) is 0 Å². The highest BCUT2D eigenvalue weighted by molar-refractivity contribution is 7.89. The van der Waals surface area contributed by atoms with E-state index in [1.807, 2.05) is 0 Å². The van der Waals surface area contributed by atoms with Crippen LogP contribution < -0.4 is 15.4 Å². The monoisotopic (exact) mass is 502 g/mol. The van der Waals surface area contributed by atoms with Gasteiger partial charge in [-0.25, -0.2) is 22.3 Å². The Bertz CT molecular complexity index is 1160. The van der Waals surface area contributed by atoms with E-state index in [2.05, 4.69) is 20.3 Å². The number of aromatic hydroxyl groups is 1. The van der Waals surface area contributed by atoms with Crippen molar-refractivity contribution in [2.45, 2.75) is 23.8 Å². The first-order chi connectivity index (χ1) is 15.2. The molecule has 3 heterocycles. The lowest BCUT2D eigenvalue weighted by Crippen LogP contribution is -2.57. The van der Waals surface area contributed by atoms with Gasteiger partial charge in [-0.2, -0.15) is 0 Å². The van der Waals surface area contributed by atoms with Gasteiger partial charge in [0.1, 0.15) is 10.7 Å². The van der Waals surface area contributed by atoms with Gasteiger partial charge in [0, 0.05) is 12.6 Å². The molecule has 0 spiro atoms. The zero-order valence-electron chi connectivity index (χ0n) is 16.7. The number of piperidine rings is 3. The molecular weight excluding hydrogens is 482 g/mol. The summed E-state index contributed by atoms with van der Waals surface area (Å²) >= 11 is 11.9. The van der Waals surface area contributed by atoms with Crippen molar-refractivity contribution in [2.75, 3.05) is 30.3 Å². The summed E-state index contributed by atoms with van der Waals surface area (Å²) in [6.07, 6.45) is 1.80. The highest BCUT2D eigenvalue weighted by atomic mass is 35.5. The molecule has 2 aromatic carbocycles. The summed E-state index contributed by atoms with van der Waals surface area (Å²) in [6, 6.07) is 5.27. The van der Waals surface area contributed by atoms with Gasteiger partial charge in [0.05, 0.1) is 21.4 Å². The molecule has 0 unspecified atom stereocenters. The highest BCUT2D eigenvalue weighted by Crippen LogP contribution is 2.38. The second-order valence-corrected chi connectivity index (χ2v) is 10.3. The lowest BCUT2D eigenvalue weighted by molar-refractivity contribution is 0.0827. The fourth-order valence-electron chi connectivity index (χ4n) is 4.14. The zero-order valence-corrected chi connectivity index (χ0v) is 19.1. The van der Waals surface area contributed by atoms with Gasteiger partial charge in [0.15, 0.2) is 5.75 Å². The standard InChI is InChI=1S/C20H21Cl2FN4O4S/c21-12-4-5-15(25-20(29)24-14-3-1-2-13(23)17(14)22)18(28)19(12)32(30,31)26-16-10-27-8-6-11(16)7-9-27/h1-5,11,16,26,28H,6-10H2,(H2,24,25,29)/t16-/m1/s1. The molecule has 0 saturated carbocycles. The van der Waals surface area contributed by atoms with Crippen LogP contribution in [0.4, 0.5) is 20.6 Å². The lowest BCUT2D eigenvalue weighted by atomic mass is 9.85. The molecule has 5 rings (SSSR count). The van der Waals surface area contributed by atoms with Gasteiger partial charge in [0.25, 0.3) is 0 Å². The van der Waals surface area contributed by atoms with Crippen molar-refractivity contribution < 1.29 is 22.7 Å². The molecule has 3 fully saturated rings. The second-order valence-electron chi connectivity index (χ2n) is 7.82. The number of benzene rings is 2. The normalized spacial score (nSPS) is 22.5. The van der Waals surface area contributed by atoms with Gasteiger partial charge >= 0.3 is 6.03 Å². The number of hydrogen-bond acceptors (Lipinski definition) is 5. The number of phenolic OH excluding ortho intramolecular Hbond substituents is 1. The molecule has 1 atom stereocenters. The Kier molecular flexibility index (Phi) is 6.51. The molecule has 8 nitrogen and oxygen atoms in total. The maximum Gasteiger partial charge on any atom is 0.323 e. The number of hydrogen-bond donors (Lipinski definition) is 4. The minimum atomic E-state index is -4.17. The van der Waals surface area contributed by atoms with E-state index in [0.717, 1.165) is 32.0 Å². The summed E-state index contributed by atoms with van der Waals surface area (Å²) < 4.78 is 42.4.